The van der Waals surface area contributed by atoms with Gasteiger partial charge < -0.3 is 5.11 Å². The number of nitrogens with zero attached hydrogens (tertiary/aromatic N) is 4. The van der Waals surface area contributed by atoms with Crippen molar-refractivity contribution in [3.05, 3.63) is 5.82 Å². The summed E-state index contributed by atoms with van der Waals surface area (Å²) >= 11 is 0. The third-order valence-electron chi connectivity index (χ3n) is 0.679. The molecule has 1 heterocycles. The van der Waals surface area contributed by atoms with Gasteiger partial charge in [0.15, 0.2) is 12.6 Å². The highest BCUT2D eigenvalue weighted by Crippen LogP contribution is 1.77. The molecule has 1 aromatic rings. The lowest BCUT2D eigenvalue weighted by molar-refractivity contribution is 0.175. The first kappa shape index (κ1) is 5.17. The lowest BCUT2D eigenvalue weighted by Gasteiger charge is -1.83. The summed E-state index contributed by atoms with van der Waals surface area (Å²) in [6, 6.07) is 0. The standard InChI is InChI=1S/C3H6N4O/c1-3-4-6-7(2-8)5-3/h8H,2H2,1H3. The van der Waals surface area contributed by atoms with Crippen molar-refractivity contribution in [2.75, 3.05) is 0 Å². The van der Waals surface area contributed by atoms with E-state index < -0.39 is 0 Å². The van der Waals surface area contributed by atoms with E-state index in [1.165, 1.54) is 0 Å². The molecule has 1 N–H and O–H groups in total. The molecule has 0 amide bonds. The van der Waals surface area contributed by atoms with Gasteiger partial charge >= 0.3 is 0 Å². The van der Waals surface area contributed by atoms with Crippen molar-refractivity contribution in [3.8, 4) is 0 Å². The van der Waals surface area contributed by atoms with Gasteiger partial charge in [-0.05, 0) is 12.1 Å². The van der Waals surface area contributed by atoms with Crippen LogP contribution in [0, 0.1) is 6.92 Å². The van der Waals surface area contributed by atoms with E-state index in [4.69, 9.17) is 5.11 Å². The van der Waals surface area contributed by atoms with Crippen LogP contribution in [0.2, 0.25) is 0 Å². The number of aliphatic hydroxyl groups is 1. The molecule has 0 aliphatic heterocycles. The Balaban J connectivity index is 2.84. The monoisotopic (exact) mass is 114 g/mol. The Morgan fingerprint density at radius 1 is 1.75 bits per heavy atom. The molecule has 0 spiro atoms. The Kier molecular flexibility index (Phi) is 1.21. The van der Waals surface area contributed by atoms with E-state index in [1.807, 2.05) is 0 Å². The molecule has 0 unspecified atom stereocenters. The largest absolute Gasteiger partial charge is 0.373 e. The Morgan fingerprint density at radius 3 is 2.75 bits per heavy atom. The number of hydrogen-bond donors (Lipinski definition) is 1. The summed E-state index contributed by atoms with van der Waals surface area (Å²) in [4.78, 5) is 1.11. The molecule has 0 saturated heterocycles. The molecule has 0 aromatic carbocycles. The van der Waals surface area contributed by atoms with Crippen LogP contribution in [0.4, 0.5) is 0 Å². The number of tetrazole rings is 1. The summed E-state index contributed by atoms with van der Waals surface area (Å²) in [6.45, 7) is 1.50. The van der Waals surface area contributed by atoms with E-state index in [0.29, 0.717) is 5.82 Å². The molecule has 1 aromatic heterocycles. The van der Waals surface area contributed by atoms with Crippen LogP contribution in [-0.4, -0.2) is 25.3 Å². The van der Waals surface area contributed by atoms with Gasteiger partial charge in [0, 0.05) is 0 Å². The van der Waals surface area contributed by atoms with Gasteiger partial charge in [0.05, 0.1) is 0 Å². The molecule has 5 heteroatoms. The van der Waals surface area contributed by atoms with Crippen molar-refractivity contribution in [3.63, 3.8) is 0 Å². The van der Waals surface area contributed by atoms with Gasteiger partial charge in [0.25, 0.3) is 0 Å². The molecule has 0 aliphatic carbocycles. The average Bonchev–Trinajstić information content (AvgIpc) is 2.14. The van der Waals surface area contributed by atoms with Crippen molar-refractivity contribution in [2.24, 2.45) is 0 Å². The van der Waals surface area contributed by atoms with E-state index in [-0.39, 0.29) is 6.73 Å². The summed E-state index contributed by atoms with van der Waals surface area (Å²) in [5.41, 5.74) is 0. The Morgan fingerprint density at radius 2 is 2.50 bits per heavy atom. The summed E-state index contributed by atoms with van der Waals surface area (Å²) in [6.07, 6.45) is 0. The summed E-state index contributed by atoms with van der Waals surface area (Å²) in [5, 5.41) is 19.0. The molecule has 0 aliphatic rings. The van der Waals surface area contributed by atoms with Crippen molar-refractivity contribution >= 4 is 0 Å². The van der Waals surface area contributed by atoms with E-state index >= 15 is 0 Å². The Hall–Kier alpha value is -0.970. The highest BCUT2D eigenvalue weighted by molar-refractivity contribution is 4.65. The van der Waals surface area contributed by atoms with Gasteiger partial charge in [-0.15, -0.1) is 15.0 Å². The molecule has 0 radical (unpaired) electrons. The van der Waals surface area contributed by atoms with Crippen LogP contribution in [0.3, 0.4) is 0 Å². The summed E-state index contributed by atoms with van der Waals surface area (Å²) in [5.74, 6) is 0.569. The van der Waals surface area contributed by atoms with Crippen LogP contribution >= 0.6 is 0 Å². The van der Waals surface area contributed by atoms with Crippen molar-refractivity contribution in [1.29, 1.82) is 0 Å². The Labute approximate surface area is 45.9 Å². The van der Waals surface area contributed by atoms with Crippen LogP contribution in [-0.2, 0) is 6.73 Å². The fourth-order valence-corrected chi connectivity index (χ4v) is 0.383. The highest BCUT2D eigenvalue weighted by atomic mass is 16.3. The summed E-state index contributed by atoms with van der Waals surface area (Å²) in [7, 11) is 0. The zero-order valence-corrected chi connectivity index (χ0v) is 4.44. The first-order valence-electron chi connectivity index (χ1n) is 2.18. The molecule has 1 rings (SSSR count). The average molecular weight is 114 g/mol. The number of aryl methyl sites for hydroxylation is 1. The van der Waals surface area contributed by atoms with E-state index in [2.05, 4.69) is 15.4 Å². The van der Waals surface area contributed by atoms with Crippen LogP contribution in [0.5, 0.6) is 0 Å². The van der Waals surface area contributed by atoms with Crippen LogP contribution in [0.1, 0.15) is 5.82 Å². The molecule has 0 saturated carbocycles. The topological polar surface area (TPSA) is 63.8 Å². The molecular formula is C3H6N4O. The first-order valence-corrected chi connectivity index (χ1v) is 2.18. The predicted octanol–water partition coefficient (Wildman–Crippen LogP) is -1.07. The smallest absolute Gasteiger partial charge is 0.171 e. The fourth-order valence-electron chi connectivity index (χ4n) is 0.383. The minimum atomic E-state index is -0.208. The third-order valence-corrected chi connectivity index (χ3v) is 0.679. The minimum Gasteiger partial charge on any atom is -0.373 e. The number of rotatable bonds is 1. The second-order valence-electron chi connectivity index (χ2n) is 1.35. The zero-order valence-electron chi connectivity index (χ0n) is 4.44. The molecule has 0 bridgehead atoms. The van der Waals surface area contributed by atoms with Crippen LogP contribution < -0.4 is 0 Å². The second kappa shape index (κ2) is 1.87. The molecular weight excluding hydrogens is 108 g/mol. The molecule has 8 heavy (non-hydrogen) atoms. The van der Waals surface area contributed by atoms with Gasteiger partial charge in [0.1, 0.15) is 0 Å². The van der Waals surface area contributed by atoms with Gasteiger partial charge in [0.2, 0.25) is 0 Å². The number of hydrogen-bond acceptors (Lipinski definition) is 4. The quantitative estimate of drug-likeness (QED) is 0.505. The second-order valence-corrected chi connectivity index (χ2v) is 1.35. The maximum atomic E-state index is 8.35. The minimum absolute atomic E-state index is 0.208. The third kappa shape index (κ3) is 0.812. The first-order chi connectivity index (χ1) is 3.83. The lowest BCUT2D eigenvalue weighted by Crippen LogP contribution is -2.00. The van der Waals surface area contributed by atoms with E-state index in [0.717, 1.165) is 4.80 Å². The van der Waals surface area contributed by atoms with E-state index in [9.17, 15) is 0 Å². The van der Waals surface area contributed by atoms with Crippen molar-refractivity contribution in [1.82, 2.24) is 20.2 Å². The molecule has 44 valence electrons. The molecule has 0 fully saturated rings. The highest BCUT2D eigenvalue weighted by Gasteiger charge is 1.90. The number of aliphatic hydroxyl groups excluding tert-OH is 1. The fraction of sp³-hybridized carbons (Fsp3) is 0.667. The van der Waals surface area contributed by atoms with Crippen molar-refractivity contribution < 1.29 is 5.11 Å². The maximum Gasteiger partial charge on any atom is 0.171 e. The summed E-state index contributed by atoms with van der Waals surface area (Å²) < 4.78 is 0. The SMILES string of the molecule is Cc1nnn(CO)n1. The lowest BCUT2D eigenvalue weighted by atomic mass is 10.8. The van der Waals surface area contributed by atoms with Crippen LogP contribution in [0.15, 0.2) is 0 Å². The predicted molar refractivity (Wildman–Crippen MR) is 24.8 cm³/mol. The normalized spacial score (nSPS) is 9.75. The number of aromatic nitrogens is 4. The zero-order chi connectivity index (χ0) is 5.98. The van der Waals surface area contributed by atoms with Gasteiger partial charge in [-0.1, -0.05) is 0 Å². The van der Waals surface area contributed by atoms with Crippen LogP contribution in [0.25, 0.3) is 0 Å². The van der Waals surface area contributed by atoms with Gasteiger partial charge in [-0.2, -0.15) is 0 Å². The Bertz CT molecular complexity index is 172. The van der Waals surface area contributed by atoms with E-state index in [1.54, 1.807) is 6.92 Å². The molecule has 0 atom stereocenters. The van der Waals surface area contributed by atoms with Gasteiger partial charge in [-0.25, -0.2) is 0 Å². The maximum absolute atomic E-state index is 8.35. The molecule has 5 nitrogen and oxygen atoms in total. The van der Waals surface area contributed by atoms with Gasteiger partial charge in [-0.3, -0.25) is 0 Å². The van der Waals surface area contributed by atoms with Crippen molar-refractivity contribution in [2.45, 2.75) is 13.7 Å².